The Morgan fingerprint density at radius 2 is 1.88 bits per heavy atom. The van der Waals surface area contributed by atoms with E-state index in [2.05, 4.69) is 70.2 Å². The summed E-state index contributed by atoms with van der Waals surface area (Å²) in [6, 6.07) is 19.9. The summed E-state index contributed by atoms with van der Waals surface area (Å²) in [6.07, 6.45) is 5.42. The van der Waals surface area contributed by atoms with E-state index in [-0.39, 0.29) is 0 Å². The lowest BCUT2D eigenvalue weighted by atomic mass is 9.93. The van der Waals surface area contributed by atoms with E-state index in [4.69, 9.17) is 4.42 Å². The zero-order valence-electron chi connectivity index (χ0n) is 13.5. The molecule has 0 aliphatic carbocycles. The average molecular weight is 319 g/mol. The van der Waals surface area contributed by atoms with Gasteiger partial charge in [0, 0.05) is 23.3 Å². The van der Waals surface area contributed by atoms with E-state index in [1.54, 1.807) is 6.20 Å². The fraction of sp³-hybridized carbons (Fsp3) is 0.250. The van der Waals surface area contributed by atoms with Gasteiger partial charge in [0.15, 0.2) is 12.2 Å². The Bertz CT molecular complexity index is 753. The van der Waals surface area contributed by atoms with Gasteiger partial charge in [-0.15, -0.1) is 0 Å². The molecule has 1 aliphatic rings. The Morgan fingerprint density at radius 3 is 2.62 bits per heavy atom. The van der Waals surface area contributed by atoms with Crippen LogP contribution in [-0.2, 0) is 0 Å². The smallest absolute Gasteiger partial charge is 0.181 e. The van der Waals surface area contributed by atoms with E-state index in [0.717, 1.165) is 36.4 Å². The Hall–Kier alpha value is -2.59. The Labute approximate surface area is 141 Å². The van der Waals surface area contributed by atoms with Gasteiger partial charge >= 0.3 is 0 Å². The van der Waals surface area contributed by atoms with E-state index in [9.17, 15) is 0 Å². The van der Waals surface area contributed by atoms with Gasteiger partial charge < -0.3 is 15.1 Å². The number of piperidine rings is 1. The topological polar surface area (TPSA) is 50.1 Å². The predicted molar refractivity (Wildman–Crippen MR) is 95.8 cm³/mol. The highest BCUT2D eigenvalue weighted by Crippen LogP contribution is 2.26. The zero-order valence-corrected chi connectivity index (χ0v) is 13.5. The van der Waals surface area contributed by atoms with Crippen LogP contribution in [0.25, 0.3) is 11.3 Å². The van der Waals surface area contributed by atoms with Crippen LogP contribution < -0.4 is 10.6 Å². The number of nitrogens with zero attached hydrogens (tertiary/aromatic N) is 1. The van der Waals surface area contributed by atoms with Gasteiger partial charge in [0.2, 0.25) is 0 Å². The highest BCUT2D eigenvalue weighted by atomic mass is 16.3. The molecule has 2 N–H and O–H groups in total. The van der Waals surface area contributed by atoms with E-state index < -0.39 is 0 Å². The summed E-state index contributed by atoms with van der Waals surface area (Å²) >= 11 is 0. The van der Waals surface area contributed by atoms with Crippen molar-refractivity contribution in [2.24, 2.45) is 0 Å². The number of oxazole rings is 1. The van der Waals surface area contributed by atoms with Crippen molar-refractivity contribution >= 4 is 5.69 Å². The number of hydrogen-bond acceptors (Lipinski definition) is 4. The van der Waals surface area contributed by atoms with Gasteiger partial charge in [0.1, 0.15) is 0 Å². The molecular weight excluding hydrogens is 298 g/mol. The van der Waals surface area contributed by atoms with Crippen LogP contribution in [0.15, 0.2) is 71.6 Å². The molecule has 1 fully saturated rings. The molecule has 0 spiro atoms. The van der Waals surface area contributed by atoms with Crippen molar-refractivity contribution in [2.75, 3.05) is 11.9 Å². The van der Waals surface area contributed by atoms with Gasteiger partial charge in [-0.2, -0.15) is 0 Å². The van der Waals surface area contributed by atoms with Crippen molar-refractivity contribution in [2.45, 2.75) is 24.9 Å². The molecule has 0 saturated carbocycles. The second-order valence-corrected chi connectivity index (χ2v) is 6.23. The second kappa shape index (κ2) is 6.89. The lowest BCUT2D eigenvalue weighted by Gasteiger charge is -2.32. The molecule has 122 valence electrons. The fourth-order valence-electron chi connectivity index (χ4n) is 3.31. The van der Waals surface area contributed by atoms with E-state index in [1.807, 2.05) is 0 Å². The van der Waals surface area contributed by atoms with Crippen LogP contribution in [0.2, 0.25) is 0 Å². The lowest BCUT2D eigenvalue weighted by molar-refractivity contribution is 0.384. The molecule has 2 atom stereocenters. The summed E-state index contributed by atoms with van der Waals surface area (Å²) in [5.41, 5.74) is 3.56. The van der Waals surface area contributed by atoms with Gasteiger partial charge in [0.05, 0.1) is 6.20 Å². The minimum atomic E-state index is 0.422. The largest absolute Gasteiger partial charge is 0.444 e. The molecule has 0 radical (unpaired) electrons. The summed E-state index contributed by atoms with van der Waals surface area (Å²) in [7, 11) is 0. The first kappa shape index (κ1) is 15.0. The first-order valence-corrected chi connectivity index (χ1v) is 8.42. The van der Waals surface area contributed by atoms with Gasteiger partial charge in [-0.1, -0.05) is 30.3 Å². The van der Waals surface area contributed by atoms with Gasteiger partial charge in [-0.05, 0) is 49.2 Å². The molecule has 2 heterocycles. The SMILES string of the molecule is c1ccc(C2CC(Nc3ccc(-c4cnco4)cc3)CCN2)cc1. The van der Waals surface area contributed by atoms with E-state index >= 15 is 0 Å². The van der Waals surface area contributed by atoms with Crippen molar-refractivity contribution < 1.29 is 4.42 Å². The molecular formula is C20H21N3O. The zero-order chi connectivity index (χ0) is 16.2. The third-order valence-electron chi connectivity index (χ3n) is 4.58. The number of nitrogens with one attached hydrogen (secondary N) is 2. The third-order valence-corrected chi connectivity index (χ3v) is 4.58. The van der Waals surface area contributed by atoms with Crippen LogP contribution >= 0.6 is 0 Å². The number of hydrogen-bond donors (Lipinski definition) is 2. The Morgan fingerprint density at radius 1 is 1.04 bits per heavy atom. The van der Waals surface area contributed by atoms with Crippen LogP contribution in [0, 0.1) is 0 Å². The normalized spacial score (nSPS) is 20.7. The number of aromatic nitrogens is 1. The maximum Gasteiger partial charge on any atom is 0.181 e. The van der Waals surface area contributed by atoms with Gasteiger partial charge in [0.25, 0.3) is 0 Å². The van der Waals surface area contributed by atoms with Crippen molar-refractivity contribution in [3.8, 4) is 11.3 Å². The quantitative estimate of drug-likeness (QED) is 0.755. The third kappa shape index (κ3) is 3.34. The molecule has 1 saturated heterocycles. The van der Waals surface area contributed by atoms with Crippen molar-refractivity contribution in [3.05, 3.63) is 72.8 Å². The van der Waals surface area contributed by atoms with Crippen LogP contribution in [0.3, 0.4) is 0 Å². The predicted octanol–water partition coefficient (Wildman–Crippen LogP) is 4.25. The highest BCUT2D eigenvalue weighted by molar-refractivity contribution is 5.60. The van der Waals surface area contributed by atoms with E-state index in [1.165, 1.54) is 12.0 Å². The molecule has 1 aliphatic heterocycles. The van der Waals surface area contributed by atoms with Crippen LogP contribution in [-0.4, -0.2) is 17.6 Å². The molecule has 4 nitrogen and oxygen atoms in total. The number of rotatable bonds is 4. The Balaban J connectivity index is 1.41. The minimum absolute atomic E-state index is 0.422. The van der Waals surface area contributed by atoms with E-state index in [0.29, 0.717) is 12.1 Å². The molecule has 3 aromatic rings. The summed E-state index contributed by atoms with van der Waals surface area (Å²) in [6.45, 7) is 1.04. The van der Waals surface area contributed by atoms with Gasteiger partial charge in [-0.25, -0.2) is 4.98 Å². The van der Waals surface area contributed by atoms with Crippen LogP contribution in [0.4, 0.5) is 5.69 Å². The lowest BCUT2D eigenvalue weighted by Crippen LogP contribution is -2.38. The summed E-state index contributed by atoms with van der Waals surface area (Å²) in [4.78, 5) is 3.96. The molecule has 24 heavy (non-hydrogen) atoms. The first-order valence-electron chi connectivity index (χ1n) is 8.42. The molecule has 4 rings (SSSR count). The first-order chi connectivity index (χ1) is 11.9. The molecule has 2 unspecified atom stereocenters. The maximum absolute atomic E-state index is 5.33. The highest BCUT2D eigenvalue weighted by Gasteiger charge is 2.22. The summed E-state index contributed by atoms with van der Waals surface area (Å²) < 4.78 is 5.33. The second-order valence-electron chi connectivity index (χ2n) is 6.23. The summed E-state index contributed by atoms with van der Waals surface area (Å²) in [5.74, 6) is 0.799. The van der Waals surface area contributed by atoms with Gasteiger partial charge in [-0.3, -0.25) is 0 Å². The molecule has 0 bridgehead atoms. The van der Waals surface area contributed by atoms with Crippen molar-refractivity contribution in [3.63, 3.8) is 0 Å². The monoisotopic (exact) mass is 319 g/mol. The number of anilines is 1. The molecule has 4 heteroatoms. The number of benzene rings is 2. The maximum atomic E-state index is 5.33. The van der Waals surface area contributed by atoms with Crippen LogP contribution in [0.5, 0.6) is 0 Å². The van der Waals surface area contributed by atoms with Crippen molar-refractivity contribution in [1.29, 1.82) is 0 Å². The van der Waals surface area contributed by atoms with Crippen molar-refractivity contribution in [1.82, 2.24) is 10.3 Å². The molecule has 2 aromatic carbocycles. The Kier molecular flexibility index (Phi) is 4.30. The summed E-state index contributed by atoms with van der Waals surface area (Å²) in [5, 5.41) is 7.29. The minimum Gasteiger partial charge on any atom is -0.444 e. The average Bonchev–Trinajstić information content (AvgIpc) is 3.18. The van der Waals surface area contributed by atoms with Crippen LogP contribution in [0.1, 0.15) is 24.4 Å². The standard InChI is InChI=1S/C20H21N3O/c1-2-4-15(5-3-1)19-12-18(10-11-22-19)23-17-8-6-16(7-9-17)20-13-21-14-24-20/h1-9,13-14,18-19,22-23H,10-12H2. The molecule has 0 amide bonds. The fourth-order valence-corrected chi connectivity index (χ4v) is 3.31. The molecule has 1 aromatic heterocycles.